The lowest BCUT2D eigenvalue weighted by Gasteiger charge is -2.10. The van der Waals surface area contributed by atoms with Gasteiger partial charge in [-0.2, -0.15) is 0 Å². The lowest BCUT2D eigenvalue weighted by atomic mass is 9.96. The first kappa shape index (κ1) is 25.0. The Bertz CT molecular complexity index is 220. The molecule has 0 aliphatic carbocycles. The van der Waals surface area contributed by atoms with Gasteiger partial charge in [0, 0.05) is 0 Å². The minimum Gasteiger partial charge on any atom is -0.0625 e. The van der Waals surface area contributed by atoms with Crippen LogP contribution in [0.5, 0.6) is 0 Å². The summed E-state index contributed by atoms with van der Waals surface area (Å²) < 4.78 is 0. The fraction of sp³-hybridized carbons (Fsp3) is 0.920. The molecule has 0 bridgehead atoms. The van der Waals surface area contributed by atoms with E-state index in [1.54, 1.807) is 0 Å². The van der Waals surface area contributed by atoms with Crippen LogP contribution in [-0.4, -0.2) is 0 Å². The Kier molecular flexibility index (Phi) is 22.0. The van der Waals surface area contributed by atoms with E-state index in [9.17, 15) is 0 Å². The monoisotopic (exact) mass is 350 g/mol. The van der Waals surface area contributed by atoms with Gasteiger partial charge in [-0.15, -0.1) is 0 Å². The van der Waals surface area contributed by atoms with Gasteiger partial charge >= 0.3 is 0 Å². The fourth-order valence-corrected chi connectivity index (χ4v) is 3.78. The van der Waals surface area contributed by atoms with Crippen LogP contribution in [0.4, 0.5) is 0 Å². The second-order valence-corrected chi connectivity index (χ2v) is 8.40. The van der Waals surface area contributed by atoms with E-state index in [0.29, 0.717) is 0 Å². The summed E-state index contributed by atoms with van der Waals surface area (Å²) in [7, 11) is 0. The molecule has 2 radical (unpaired) electrons. The minimum atomic E-state index is 0.948. The molecule has 0 amide bonds. The highest BCUT2D eigenvalue weighted by Gasteiger charge is 2.01. The Morgan fingerprint density at radius 2 is 0.640 bits per heavy atom. The molecule has 0 aromatic heterocycles. The molecule has 0 aliphatic heterocycles. The molecular formula is C25H50. The Morgan fingerprint density at radius 1 is 0.400 bits per heavy atom. The maximum atomic E-state index is 3.92. The molecule has 0 aromatic rings. The van der Waals surface area contributed by atoms with Crippen molar-refractivity contribution >= 4 is 0 Å². The van der Waals surface area contributed by atoms with Crippen LogP contribution >= 0.6 is 0 Å². The smallest absolute Gasteiger partial charge is 0.0443 e. The highest BCUT2D eigenvalue weighted by molar-refractivity contribution is 4.56. The summed E-state index contributed by atoms with van der Waals surface area (Å²) in [4.78, 5) is 0. The zero-order valence-corrected chi connectivity index (χ0v) is 17.8. The predicted molar refractivity (Wildman–Crippen MR) is 117 cm³/mol. The highest BCUT2D eigenvalue weighted by Crippen LogP contribution is 2.18. The first-order chi connectivity index (χ1) is 12.3. The third kappa shape index (κ3) is 22.0. The van der Waals surface area contributed by atoms with E-state index in [-0.39, 0.29) is 0 Å². The molecule has 1 unspecified atom stereocenters. The van der Waals surface area contributed by atoms with Crippen molar-refractivity contribution in [1.82, 2.24) is 0 Å². The Hall–Kier alpha value is 0. The van der Waals surface area contributed by atoms with Gasteiger partial charge in [0.05, 0.1) is 0 Å². The lowest BCUT2D eigenvalue weighted by Crippen LogP contribution is -1.95. The summed E-state index contributed by atoms with van der Waals surface area (Å²) in [6.45, 7) is 10.3. The van der Waals surface area contributed by atoms with E-state index >= 15 is 0 Å². The van der Waals surface area contributed by atoms with Crippen LogP contribution in [0.3, 0.4) is 0 Å². The largest absolute Gasteiger partial charge is 0.0625 e. The Morgan fingerprint density at radius 3 is 0.960 bits per heavy atom. The Balaban J connectivity index is 3.06. The van der Waals surface area contributed by atoms with Crippen molar-refractivity contribution < 1.29 is 0 Å². The molecular weight excluding hydrogens is 300 g/mol. The SMILES string of the molecule is [CH2]CCCCCCCCCCCCCCCCC(C)CCCCC[CH2]. The van der Waals surface area contributed by atoms with Gasteiger partial charge in [-0.25, -0.2) is 0 Å². The Labute approximate surface area is 161 Å². The first-order valence-electron chi connectivity index (χ1n) is 11.9. The van der Waals surface area contributed by atoms with Gasteiger partial charge in [-0.1, -0.05) is 156 Å². The van der Waals surface area contributed by atoms with Crippen LogP contribution < -0.4 is 0 Å². The van der Waals surface area contributed by atoms with E-state index in [4.69, 9.17) is 0 Å². The van der Waals surface area contributed by atoms with Crippen LogP contribution in [-0.2, 0) is 0 Å². The van der Waals surface area contributed by atoms with Gasteiger partial charge in [-0.3, -0.25) is 0 Å². The normalized spacial score (nSPS) is 12.6. The van der Waals surface area contributed by atoms with Crippen molar-refractivity contribution in [2.24, 2.45) is 5.92 Å². The topological polar surface area (TPSA) is 0 Å². The molecule has 1 atom stereocenters. The third-order valence-corrected chi connectivity index (χ3v) is 5.64. The summed E-state index contributed by atoms with van der Waals surface area (Å²) in [5, 5.41) is 0. The maximum absolute atomic E-state index is 3.92. The third-order valence-electron chi connectivity index (χ3n) is 5.64. The number of hydrogen-bond donors (Lipinski definition) is 0. The molecule has 0 rings (SSSR count). The summed E-state index contributed by atoms with van der Waals surface area (Å²) in [5.74, 6) is 0.948. The molecule has 0 N–H and O–H groups in total. The molecule has 25 heavy (non-hydrogen) atoms. The van der Waals surface area contributed by atoms with Crippen molar-refractivity contribution in [2.45, 2.75) is 142 Å². The predicted octanol–water partition coefficient (Wildman–Crippen LogP) is 9.48. The molecule has 0 heteroatoms. The van der Waals surface area contributed by atoms with E-state index in [2.05, 4.69) is 20.8 Å². The standard InChI is InChI=1S/C25H50/c1-4-6-8-10-11-12-13-14-15-16-17-18-19-20-22-24-25(3)23-21-9-7-5-2/h25H,1-2,4-24H2,3H3. The zero-order chi connectivity index (χ0) is 18.4. The van der Waals surface area contributed by atoms with E-state index in [1.165, 1.54) is 122 Å². The number of hydrogen-bond acceptors (Lipinski definition) is 0. The molecule has 0 spiro atoms. The average molecular weight is 351 g/mol. The average Bonchev–Trinajstić information content (AvgIpc) is 2.62. The fourth-order valence-electron chi connectivity index (χ4n) is 3.78. The second kappa shape index (κ2) is 22.0. The molecule has 0 heterocycles. The van der Waals surface area contributed by atoms with Gasteiger partial charge in [0.25, 0.3) is 0 Å². The molecule has 0 nitrogen and oxygen atoms in total. The zero-order valence-electron chi connectivity index (χ0n) is 17.8. The van der Waals surface area contributed by atoms with Gasteiger partial charge < -0.3 is 0 Å². The summed E-state index contributed by atoms with van der Waals surface area (Å²) in [6.07, 6.45) is 29.6. The van der Waals surface area contributed by atoms with Crippen molar-refractivity contribution in [2.75, 3.05) is 0 Å². The highest BCUT2D eigenvalue weighted by atomic mass is 14.1. The van der Waals surface area contributed by atoms with Crippen LogP contribution in [0.2, 0.25) is 0 Å². The van der Waals surface area contributed by atoms with E-state index < -0.39 is 0 Å². The van der Waals surface area contributed by atoms with E-state index in [1.807, 2.05) is 0 Å². The van der Waals surface area contributed by atoms with Gasteiger partial charge in [0.2, 0.25) is 0 Å². The summed E-state index contributed by atoms with van der Waals surface area (Å²) >= 11 is 0. The van der Waals surface area contributed by atoms with Crippen molar-refractivity contribution in [3.63, 3.8) is 0 Å². The van der Waals surface area contributed by atoms with Crippen LogP contribution in [0, 0.1) is 19.8 Å². The second-order valence-electron chi connectivity index (χ2n) is 8.40. The first-order valence-corrected chi connectivity index (χ1v) is 11.9. The van der Waals surface area contributed by atoms with Gasteiger partial charge in [0.15, 0.2) is 0 Å². The van der Waals surface area contributed by atoms with Gasteiger partial charge in [-0.05, 0) is 5.92 Å². The van der Waals surface area contributed by atoms with Crippen LogP contribution in [0.15, 0.2) is 0 Å². The maximum Gasteiger partial charge on any atom is -0.0443 e. The lowest BCUT2D eigenvalue weighted by molar-refractivity contribution is 0.434. The van der Waals surface area contributed by atoms with Crippen molar-refractivity contribution in [3.8, 4) is 0 Å². The molecule has 0 aliphatic rings. The van der Waals surface area contributed by atoms with Crippen LogP contribution in [0.1, 0.15) is 142 Å². The minimum absolute atomic E-state index is 0.948. The quantitative estimate of drug-likeness (QED) is 0.181. The molecule has 0 saturated heterocycles. The summed E-state index contributed by atoms with van der Waals surface area (Å²) in [6, 6.07) is 0. The van der Waals surface area contributed by atoms with Crippen LogP contribution in [0.25, 0.3) is 0 Å². The van der Waals surface area contributed by atoms with Crippen molar-refractivity contribution in [1.29, 1.82) is 0 Å². The molecule has 0 aromatic carbocycles. The summed E-state index contributed by atoms with van der Waals surface area (Å²) in [5.41, 5.74) is 0. The molecule has 0 saturated carbocycles. The number of rotatable bonds is 21. The van der Waals surface area contributed by atoms with Crippen molar-refractivity contribution in [3.05, 3.63) is 13.8 Å². The molecule has 0 fully saturated rings. The molecule has 150 valence electrons. The number of unbranched alkanes of at least 4 members (excludes halogenated alkanes) is 17. The van der Waals surface area contributed by atoms with E-state index in [0.717, 1.165) is 18.8 Å². The van der Waals surface area contributed by atoms with Gasteiger partial charge in [0.1, 0.15) is 0 Å².